The van der Waals surface area contributed by atoms with Gasteiger partial charge < -0.3 is 28.8 Å². The summed E-state index contributed by atoms with van der Waals surface area (Å²) < 4.78 is 37.1. The van der Waals surface area contributed by atoms with Gasteiger partial charge in [0.05, 0.1) is 11.0 Å². The molecule has 0 saturated heterocycles. The van der Waals surface area contributed by atoms with Crippen LogP contribution in [0.1, 0.15) is 30.8 Å². The van der Waals surface area contributed by atoms with Crippen LogP contribution >= 0.6 is 20.1 Å². The van der Waals surface area contributed by atoms with Gasteiger partial charge in [-0.1, -0.05) is 72.3 Å². The Kier molecular flexibility index (Phi) is 11.1. The van der Waals surface area contributed by atoms with Gasteiger partial charge in [0.25, 0.3) is 0 Å². The Balaban J connectivity index is 1.68. The fourth-order valence-electron chi connectivity index (χ4n) is 4.41. The van der Waals surface area contributed by atoms with Crippen molar-refractivity contribution in [3.8, 4) is 0 Å². The van der Waals surface area contributed by atoms with Crippen molar-refractivity contribution in [1.82, 2.24) is 14.9 Å². The van der Waals surface area contributed by atoms with Crippen LogP contribution in [0.5, 0.6) is 0 Å². The number of amides is 1. The lowest BCUT2D eigenvalue weighted by molar-refractivity contribution is -0.223. The van der Waals surface area contributed by atoms with Gasteiger partial charge in [-0.15, -0.1) is 0 Å². The van der Waals surface area contributed by atoms with E-state index in [0.717, 1.165) is 11.1 Å². The Morgan fingerprint density at radius 3 is 2.10 bits per heavy atom. The molecule has 1 N–H and O–H groups in total. The molecule has 0 fully saturated rings. The van der Waals surface area contributed by atoms with Crippen LogP contribution in [0.15, 0.2) is 78.9 Å². The summed E-state index contributed by atoms with van der Waals surface area (Å²) in [6, 6.07) is 22.1. The molecule has 0 radical (unpaired) electrons. The third-order valence-electron chi connectivity index (χ3n) is 6.25. The van der Waals surface area contributed by atoms with Crippen LogP contribution in [-0.2, 0) is 53.6 Å². The molecule has 0 saturated carbocycles. The van der Waals surface area contributed by atoms with E-state index >= 15 is 0 Å². The summed E-state index contributed by atoms with van der Waals surface area (Å²) in [5.74, 6) is -0.442. The summed E-state index contributed by atoms with van der Waals surface area (Å²) in [4.78, 5) is 31.0. The van der Waals surface area contributed by atoms with Crippen molar-refractivity contribution in [3.05, 3.63) is 101 Å². The van der Waals surface area contributed by atoms with Crippen LogP contribution in [0.25, 0.3) is 11.0 Å². The molecule has 0 bridgehead atoms. The Labute approximate surface area is 250 Å². The van der Waals surface area contributed by atoms with E-state index in [9.17, 15) is 14.2 Å². The number of esters is 1. The minimum Gasteiger partial charge on any atom is -0.459 e. The predicted molar refractivity (Wildman–Crippen MR) is 160 cm³/mol. The van der Waals surface area contributed by atoms with Crippen molar-refractivity contribution in [2.45, 2.75) is 45.2 Å². The highest BCUT2D eigenvalue weighted by Crippen LogP contribution is 2.38. The Morgan fingerprint density at radius 1 is 0.929 bits per heavy atom. The maximum Gasteiger partial charge on any atom is 0.408 e. The zero-order valence-corrected chi connectivity index (χ0v) is 25.2. The van der Waals surface area contributed by atoms with Gasteiger partial charge in [0.1, 0.15) is 33.5 Å². The first-order valence-electron chi connectivity index (χ1n) is 13.5. The van der Waals surface area contributed by atoms with Crippen LogP contribution in [0.3, 0.4) is 0 Å². The number of carbonyl (C=O) groups is 2. The summed E-state index contributed by atoms with van der Waals surface area (Å²) in [5, 5.41) is 3.06. The van der Waals surface area contributed by atoms with Crippen molar-refractivity contribution in [2.24, 2.45) is 0 Å². The lowest BCUT2D eigenvalue weighted by Crippen LogP contribution is -2.45. The van der Waals surface area contributed by atoms with E-state index in [0.29, 0.717) is 16.1 Å². The van der Waals surface area contributed by atoms with Gasteiger partial charge >= 0.3 is 17.7 Å². The fourth-order valence-corrected chi connectivity index (χ4v) is 5.43. The van der Waals surface area contributed by atoms with Crippen molar-refractivity contribution in [1.29, 1.82) is 0 Å². The van der Waals surface area contributed by atoms with Crippen molar-refractivity contribution < 1.29 is 33.1 Å². The molecule has 0 aliphatic carbocycles. The molecule has 2 atom stereocenters. The van der Waals surface area contributed by atoms with Crippen molar-refractivity contribution >= 4 is 43.2 Å². The van der Waals surface area contributed by atoms with Crippen LogP contribution in [0.4, 0.5) is 4.79 Å². The molecule has 1 amide bonds. The predicted octanol–water partition coefficient (Wildman–Crippen LogP) is 5.67. The Hall–Kier alpha value is -3.69. The number of hydrogen-bond donors (Lipinski definition) is 1. The van der Waals surface area contributed by atoms with Crippen molar-refractivity contribution in [3.63, 3.8) is 0 Å². The molecule has 0 aliphatic heterocycles. The lowest BCUT2D eigenvalue weighted by atomic mass is 10.2. The number of rotatable bonds is 14. The average Bonchev–Trinajstić information content (AvgIpc) is 3.36. The van der Waals surface area contributed by atoms with Gasteiger partial charge in [-0.25, -0.2) is 14.6 Å². The molecule has 4 rings (SSSR count). The molecule has 222 valence electrons. The molecule has 42 heavy (non-hydrogen) atoms. The van der Waals surface area contributed by atoms with E-state index in [1.807, 2.05) is 60.7 Å². The molecule has 1 heterocycles. The second-order valence-electron chi connectivity index (χ2n) is 9.17. The van der Waals surface area contributed by atoms with Gasteiger partial charge in [0.15, 0.2) is 0 Å². The largest absolute Gasteiger partial charge is 0.459 e. The third kappa shape index (κ3) is 7.77. The highest BCUT2D eigenvalue weighted by molar-refractivity contribution is 7.24. The summed E-state index contributed by atoms with van der Waals surface area (Å²) in [6.45, 7) is 3.89. The number of alkyl carbamates (subject to hydrolysis) is 1. The van der Waals surface area contributed by atoms with Crippen molar-refractivity contribution in [2.75, 3.05) is 13.2 Å². The summed E-state index contributed by atoms with van der Waals surface area (Å²) in [6.07, 6.45) is -0.969. The quantitative estimate of drug-likeness (QED) is 0.110. The minimum absolute atomic E-state index is 0.00449. The summed E-state index contributed by atoms with van der Waals surface area (Å²) in [5.41, 5.74) is 0.888. The first kappa shape index (κ1) is 31.3. The van der Waals surface area contributed by atoms with Gasteiger partial charge in [0, 0.05) is 24.7 Å². The molecule has 0 spiro atoms. The molecule has 0 aliphatic rings. The number of imidazole rings is 1. The van der Waals surface area contributed by atoms with Gasteiger partial charge in [-0.2, -0.15) is 0 Å². The third-order valence-corrected chi connectivity index (χ3v) is 7.37. The number of aromatic nitrogens is 2. The molecule has 12 heteroatoms. The molecular formula is C30H33ClN3O7P. The van der Waals surface area contributed by atoms with E-state index in [1.165, 1.54) is 0 Å². The topological polar surface area (TPSA) is 118 Å². The van der Waals surface area contributed by atoms with E-state index in [4.69, 9.17) is 30.5 Å². The Bertz CT molecular complexity index is 1500. The van der Waals surface area contributed by atoms with Gasteiger partial charge in [-0.3, -0.25) is 4.57 Å². The number of nitrogens with zero attached hydrogens (tertiary/aromatic N) is 2. The molecular weight excluding hydrogens is 581 g/mol. The number of nitrogens with one attached hydrogen (secondary N) is 1. The molecule has 3 aromatic carbocycles. The smallest absolute Gasteiger partial charge is 0.408 e. The number of carbonyl (C=O) groups excluding carboxylic acids is 2. The van der Waals surface area contributed by atoms with E-state index in [-0.39, 0.29) is 38.7 Å². The van der Waals surface area contributed by atoms with Gasteiger partial charge in [-0.05, 0) is 43.2 Å². The monoisotopic (exact) mass is 613 g/mol. The SMILES string of the molecule is CCOC(OCC)([PH2]=O)n1c(CC(NC(=O)OCc2ccccc2)C(=O)OCc2ccccc2)nc2cc(Cl)ccc21. The number of halogens is 1. The molecule has 10 nitrogen and oxygen atoms in total. The number of hydrogen-bond acceptors (Lipinski definition) is 8. The number of fused-ring (bicyclic) bond motifs is 1. The first-order chi connectivity index (χ1) is 20.4. The minimum atomic E-state index is -1.69. The standard InChI is InChI=1S/C30H33ClN3O7P/c1-3-40-30(42-37,41-4-2)34-26-16-15-23(31)17-24(26)32-27(34)18-25(28(35)38-19-21-11-7-5-8-12-21)33-29(36)39-20-22-13-9-6-10-14-22/h5-17,25H,3-4,18-20,42H2,1-2H3,(H,33,36). The van der Waals surface area contributed by atoms with Gasteiger partial charge in [0.2, 0.25) is 0 Å². The summed E-state index contributed by atoms with van der Waals surface area (Å²) in [7, 11) is -1.69. The zero-order valence-electron chi connectivity index (χ0n) is 23.3. The van der Waals surface area contributed by atoms with Crippen LogP contribution in [0, 0.1) is 0 Å². The van der Waals surface area contributed by atoms with E-state index in [1.54, 1.807) is 36.6 Å². The second-order valence-corrected chi connectivity index (χ2v) is 10.6. The van der Waals surface area contributed by atoms with E-state index in [2.05, 4.69) is 10.3 Å². The number of ether oxygens (including phenoxy) is 4. The van der Waals surface area contributed by atoms with Crippen LogP contribution in [0.2, 0.25) is 5.02 Å². The van der Waals surface area contributed by atoms with Crippen LogP contribution < -0.4 is 5.32 Å². The maximum absolute atomic E-state index is 13.4. The highest BCUT2D eigenvalue weighted by atomic mass is 35.5. The van der Waals surface area contributed by atoms with E-state index < -0.39 is 32.2 Å². The Morgan fingerprint density at radius 2 is 1.52 bits per heavy atom. The second kappa shape index (κ2) is 15.0. The molecule has 1 aromatic heterocycles. The fraction of sp³-hybridized carbons (Fsp3) is 0.300. The lowest BCUT2D eigenvalue weighted by Gasteiger charge is -2.31. The first-order valence-corrected chi connectivity index (χ1v) is 14.9. The number of benzene rings is 3. The maximum atomic E-state index is 13.4. The average molecular weight is 614 g/mol. The molecule has 4 aromatic rings. The molecule has 2 unspecified atom stereocenters. The zero-order chi connectivity index (χ0) is 30.0. The van der Waals surface area contributed by atoms with Crippen LogP contribution in [-0.4, -0.2) is 40.9 Å². The summed E-state index contributed by atoms with van der Waals surface area (Å²) >= 11 is 6.24. The normalized spacial score (nSPS) is 12.5. The highest BCUT2D eigenvalue weighted by Gasteiger charge is 2.38.